The van der Waals surface area contributed by atoms with E-state index in [4.69, 9.17) is 21.1 Å². The Hall–Kier alpha value is -2.67. The molecule has 2 amide bonds. The number of hydrogen-bond acceptors (Lipinski definition) is 9. The average Bonchev–Trinajstić information content (AvgIpc) is 3.29. The normalized spacial score (nSPS) is 13.6. The van der Waals surface area contributed by atoms with Crippen molar-refractivity contribution in [1.82, 2.24) is 4.57 Å². The number of aryl methyl sites for hydroxylation is 1. The van der Waals surface area contributed by atoms with Crippen LogP contribution in [0.3, 0.4) is 0 Å². The van der Waals surface area contributed by atoms with Crippen molar-refractivity contribution in [1.29, 1.82) is 0 Å². The van der Waals surface area contributed by atoms with Crippen LogP contribution < -0.4 is 10.1 Å². The minimum absolute atomic E-state index is 0.00856. The van der Waals surface area contributed by atoms with Crippen LogP contribution in [0.15, 0.2) is 23.2 Å². The Labute approximate surface area is 236 Å². The lowest BCUT2D eigenvalue weighted by Gasteiger charge is -2.07. The Morgan fingerprint density at radius 2 is 1.87 bits per heavy atom. The Morgan fingerprint density at radius 3 is 2.63 bits per heavy atom. The van der Waals surface area contributed by atoms with Gasteiger partial charge in [-0.3, -0.25) is 14.4 Å². The highest BCUT2D eigenvalue weighted by atomic mass is 35.5. The Morgan fingerprint density at radius 1 is 1.08 bits per heavy atom. The number of fused-ring (bicyclic) bond motifs is 2. The molecule has 1 N–H and O–H groups in total. The van der Waals surface area contributed by atoms with Gasteiger partial charge in [-0.05, 0) is 49.4 Å². The topological polar surface area (TPSA) is 116 Å². The van der Waals surface area contributed by atoms with Crippen LogP contribution in [0.1, 0.15) is 40.1 Å². The van der Waals surface area contributed by atoms with Crippen LogP contribution in [0.4, 0.5) is 5.00 Å². The second-order valence-corrected chi connectivity index (χ2v) is 12.0. The molecule has 0 saturated heterocycles. The quantitative estimate of drug-likeness (QED) is 0.302. The van der Waals surface area contributed by atoms with Crippen LogP contribution in [0.25, 0.3) is 10.2 Å². The Kier molecular flexibility index (Phi) is 9.64. The number of benzene rings is 1. The third kappa shape index (κ3) is 6.66. The Balaban J connectivity index is 1.43. The van der Waals surface area contributed by atoms with Crippen LogP contribution in [-0.4, -0.2) is 54.0 Å². The number of thiophene rings is 1. The summed E-state index contributed by atoms with van der Waals surface area (Å²) in [6.07, 6.45) is 4.82. The molecule has 3 aromatic rings. The SMILES string of the molecule is COC(=O)Cn1c(=NC(=O)CSCC(=O)Nc2sc3c(c2C(=O)OC)CCCCC3)sc2cc(Cl)ccc21. The number of methoxy groups -OCH3 is 2. The summed E-state index contributed by atoms with van der Waals surface area (Å²) in [5, 5.41) is 3.86. The molecule has 202 valence electrons. The van der Waals surface area contributed by atoms with E-state index < -0.39 is 17.8 Å². The number of thiazole rings is 1. The van der Waals surface area contributed by atoms with E-state index in [9.17, 15) is 19.2 Å². The van der Waals surface area contributed by atoms with Gasteiger partial charge in [0.05, 0.1) is 41.5 Å². The fourth-order valence-corrected chi connectivity index (χ4v) is 7.38. The minimum atomic E-state index is -0.475. The van der Waals surface area contributed by atoms with Crippen molar-refractivity contribution in [3.63, 3.8) is 0 Å². The molecule has 1 aromatic carbocycles. The van der Waals surface area contributed by atoms with Crippen molar-refractivity contribution < 1.29 is 28.7 Å². The average molecular weight is 596 g/mol. The van der Waals surface area contributed by atoms with Gasteiger partial charge in [0.2, 0.25) is 5.91 Å². The van der Waals surface area contributed by atoms with E-state index in [-0.39, 0.29) is 24.0 Å². The summed E-state index contributed by atoms with van der Waals surface area (Å²) in [5.74, 6) is -1.72. The lowest BCUT2D eigenvalue weighted by atomic mass is 10.1. The number of halogens is 1. The number of anilines is 1. The van der Waals surface area contributed by atoms with E-state index in [0.29, 0.717) is 25.9 Å². The third-order valence-corrected chi connectivity index (χ3v) is 9.30. The first-order valence-electron chi connectivity index (χ1n) is 11.8. The number of carbonyl (C=O) groups excluding carboxylic acids is 4. The summed E-state index contributed by atoms with van der Waals surface area (Å²) in [7, 11) is 2.62. The van der Waals surface area contributed by atoms with E-state index in [2.05, 4.69) is 10.3 Å². The van der Waals surface area contributed by atoms with E-state index in [1.54, 1.807) is 22.8 Å². The Bertz CT molecular complexity index is 1460. The predicted molar refractivity (Wildman–Crippen MR) is 150 cm³/mol. The molecule has 1 aliphatic rings. The first-order chi connectivity index (χ1) is 18.3. The molecule has 0 unspecified atom stereocenters. The minimum Gasteiger partial charge on any atom is -0.468 e. The number of ether oxygens (including phenoxy) is 2. The molecule has 0 aliphatic heterocycles. The molecule has 2 aromatic heterocycles. The van der Waals surface area contributed by atoms with Gasteiger partial charge in [0.1, 0.15) is 11.5 Å². The lowest BCUT2D eigenvalue weighted by molar-refractivity contribution is -0.141. The van der Waals surface area contributed by atoms with Crippen LogP contribution in [0, 0.1) is 0 Å². The molecule has 13 heteroatoms. The highest BCUT2D eigenvalue weighted by Gasteiger charge is 2.26. The molecule has 0 radical (unpaired) electrons. The fraction of sp³-hybridized carbons (Fsp3) is 0.400. The van der Waals surface area contributed by atoms with Gasteiger partial charge in [0, 0.05) is 9.90 Å². The van der Waals surface area contributed by atoms with Crippen LogP contribution in [0.2, 0.25) is 5.02 Å². The molecule has 2 heterocycles. The van der Waals surface area contributed by atoms with Crippen molar-refractivity contribution in [3.05, 3.63) is 44.0 Å². The number of amides is 2. The summed E-state index contributed by atoms with van der Waals surface area (Å²) < 4.78 is 12.1. The molecule has 1 aliphatic carbocycles. The first kappa shape index (κ1) is 28.3. The first-order valence-corrected chi connectivity index (χ1v) is 15.0. The summed E-state index contributed by atoms with van der Waals surface area (Å²) >= 11 is 9.86. The third-order valence-electron chi connectivity index (χ3n) is 5.90. The van der Waals surface area contributed by atoms with E-state index in [0.717, 1.165) is 59.0 Å². The monoisotopic (exact) mass is 595 g/mol. The molecule has 0 fully saturated rings. The molecule has 0 atom stereocenters. The van der Waals surface area contributed by atoms with Crippen molar-refractivity contribution >= 4 is 85.0 Å². The number of nitrogens with zero attached hydrogens (tertiary/aromatic N) is 2. The second-order valence-electron chi connectivity index (χ2n) is 8.47. The van der Waals surface area contributed by atoms with Gasteiger partial charge in [-0.25, -0.2) is 4.79 Å². The molecular formula is C25H26ClN3O6S3. The maximum atomic E-state index is 12.7. The van der Waals surface area contributed by atoms with Gasteiger partial charge < -0.3 is 19.4 Å². The van der Waals surface area contributed by atoms with Crippen molar-refractivity contribution in [3.8, 4) is 0 Å². The largest absolute Gasteiger partial charge is 0.468 e. The van der Waals surface area contributed by atoms with Gasteiger partial charge >= 0.3 is 11.9 Å². The summed E-state index contributed by atoms with van der Waals surface area (Å²) in [4.78, 5) is 55.3. The number of rotatable bonds is 8. The predicted octanol–water partition coefficient (Wildman–Crippen LogP) is 4.45. The number of thioether (sulfide) groups is 1. The molecule has 9 nitrogen and oxygen atoms in total. The van der Waals surface area contributed by atoms with Crippen molar-refractivity contribution in [2.45, 2.75) is 38.6 Å². The maximum Gasteiger partial charge on any atom is 0.341 e. The summed E-state index contributed by atoms with van der Waals surface area (Å²) in [5.41, 5.74) is 2.12. The molecule has 38 heavy (non-hydrogen) atoms. The second kappa shape index (κ2) is 12.9. The zero-order chi connectivity index (χ0) is 27.2. The highest BCUT2D eigenvalue weighted by molar-refractivity contribution is 8.00. The van der Waals surface area contributed by atoms with Gasteiger partial charge in [-0.1, -0.05) is 29.4 Å². The number of carbonyl (C=O) groups is 4. The molecule has 0 spiro atoms. The van der Waals surface area contributed by atoms with E-state index in [1.165, 1.54) is 36.9 Å². The van der Waals surface area contributed by atoms with Crippen molar-refractivity contribution in [2.75, 3.05) is 31.0 Å². The van der Waals surface area contributed by atoms with E-state index >= 15 is 0 Å². The summed E-state index contributed by atoms with van der Waals surface area (Å²) in [6, 6.07) is 5.19. The van der Waals surface area contributed by atoms with Crippen LogP contribution in [-0.2, 0) is 43.2 Å². The zero-order valence-corrected chi connectivity index (χ0v) is 24.0. The van der Waals surface area contributed by atoms with E-state index in [1.807, 2.05) is 0 Å². The fourth-order valence-electron chi connectivity index (χ4n) is 4.16. The van der Waals surface area contributed by atoms with Gasteiger partial charge in [-0.2, -0.15) is 4.99 Å². The molecular weight excluding hydrogens is 570 g/mol. The maximum absolute atomic E-state index is 12.7. The number of esters is 2. The number of hydrogen-bond donors (Lipinski definition) is 1. The van der Waals surface area contributed by atoms with Crippen LogP contribution >= 0.6 is 46.0 Å². The number of aromatic nitrogens is 1. The molecule has 0 bridgehead atoms. The number of nitrogens with one attached hydrogen (secondary N) is 1. The smallest absolute Gasteiger partial charge is 0.341 e. The highest BCUT2D eigenvalue weighted by Crippen LogP contribution is 2.38. The lowest BCUT2D eigenvalue weighted by Crippen LogP contribution is -2.23. The van der Waals surface area contributed by atoms with Crippen LogP contribution in [0.5, 0.6) is 0 Å². The zero-order valence-electron chi connectivity index (χ0n) is 20.8. The van der Waals surface area contributed by atoms with Gasteiger partial charge in [0.15, 0.2) is 4.80 Å². The standard InChI is InChI=1S/C25H26ClN3O6S3/c1-34-21(32)11-29-16-9-8-14(26)10-18(16)38-25(29)28-20(31)13-36-12-19(30)27-23-22(24(33)35-2)15-6-4-3-5-7-17(15)37-23/h8-10H,3-7,11-13H2,1-2H3,(H,27,30). The van der Waals surface area contributed by atoms with Gasteiger partial charge in [-0.15, -0.1) is 23.1 Å². The van der Waals surface area contributed by atoms with Crippen molar-refractivity contribution in [2.24, 2.45) is 4.99 Å². The summed E-state index contributed by atoms with van der Waals surface area (Å²) in [6.45, 7) is -0.104. The van der Waals surface area contributed by atoms with Gasteiger partial charge in [0.25, 0.3) is 5.91 Å². The molecule has 4 rings (SSSR count). The molecule has 0 saturated carbocycles.